The van der Waals surface area contributed by atoms with E-state index < -0.39 is 0 Å². The van der Waals surface area contributed by atoms with Gasteiger partial charge in [-0.05, 0) is 80.8 Å². The van der Waals surface area contributed by atoms with Crippen molar-refractivity contribution < 1.29 is 9.59 Å². The van der Waals surface area contributed by atoms with Gasteiger partial charge >= 0.3 is 0 Å². The maximum Gasteiger partial charge on any atom is 0.265 e. The number of fused-ring (bicyclic) bond motifs is 1. The number of aryl methyl sites for hydroxylation is 1. The zero-order chi connectivity index (χ0) is 24.5. The molecule has 1 atom stereocenters. The van der Waals surface area contributed by atoms with E-state index in [1.807, 2.05) is 49.4 Å². The van der Waals surface area contributed by atoms with Gasteiger partial charge in [0.25, 0.3) is 11.5 Å². The number of aromatic nitrogens is 2. The maximum absolute atomic E-state index is 13.0. The summed E-state index contributed by atoms with van der Waals surface area (Å²) in [5.41, 5.74) is 3.36. The van der Waals surface area contributed by atoms with Crippen LogP contribution in [-0.2, 0) is 4.79 Å². The first-order valence-electron chi connectivity index (χ1n) is 11.7. The van der Waals surface area contributed by atoms with Gasteiger partial charge in [0.1, 0.15) is 5.82 Å². The molecule has 0 spiro atoms. The second kappa shape index (κ2) is 9.18. The summed E-state index contributed by atoms with van der Waals surface area (Å²) in [4.78, 5) is 42.3. The minimum absolute atomic E-state index is 0.0690. The van der Waals surface area contributed by atoms with E-state index in [0.717, 1.165) is 24.1 Å². The van der Waals surface area contributed by atoms with Gasteiger partial charge in [-0.2, -0.15) is 0 Å². The number of amides is 2. The van der Waals surface area contributed by atoms with Crippen LogP contribution >= 0.6 is 0 Å². The summed E-state index contributed by atoms with van der Waals surface area (Å²) in [6, 6.07) is 21.5. The first kappa shape index (κ1) is 22.5. The standard InChI is InChI=1S/C28H26N4O3/c1-17(19-9-13-22(14-10-19)31-27(34)20-7-8-20)29-26(33)21-11-15-23(16-12-21)32-18(2)30-25-6-4-3-5-24(25)28(32)35/h3-6,9-17,20H,7-8H2,1-2H3,(H,29,33)(H,31,34). The van der Waals surface area contributed by atoms with Crippen LogP contribution in [0.2, 0.25) is 0 Å². The van der Waals surface area contributed by atoms with Gasteiger partial charge in [-0.1, -0.05) is 24.3 Å². The van der Waals surface area contributed by atoms with E-state index in [-0.39, 0.29) is 29.3 Å². The quantitative estimate of drug-likeness (QED) is 0.437. The van der Waals surface area contributed by atoms with Gasteiger partial charge in [0.15, 0.2) is 0 Å². The number of hydrogen-bond acceptors (Lipinski definition) is 4. The number of para-hydroxylation sites is 1. The highest BCUT2D eigenvalue weighted by Gasteiger charge is 2.29. The number of carbonyl (C=O) groups is 2. The lowest BCUT2D eigenvalue weighted by molar-refractivity contribution is -0.117. The van der Waals surface area contributed by atoms with E-state index in [1.54, 1.807) is 41.8 Å². The molecule has 0 radical (unpaired) electrons. The molecule has 1 aromatic heterocycles. The first-order chi connectivity index (χ1) is 16.9. The minimum atomic E-state index is -0.218. The number of benzene rings is 3. The fourth-order valence-electron chi connectivity index (χ4n) is 4.12. The number of nitrogens with one attached hydrogen (secondary N) is 2. The first-order valence-corrected chi connectivity index (χ1v) is 11.7. The fourth-order valence-corrected chi connectivity index (χ4v) is 4.12. The molecule has 7 heteroatoms. The van der Waals surface area contributed by atoms with Crippen LogP contribution in [0.3, 0.4) is 0 Å². The second-order valence-electron chi connectivity index (χ2n) is 8.94. The lowest BCUT2D eigenvalue weighted by Gasteiger charge is -2.16. The van der Waals surface area contributed by atoms with Crippen molar-refractivity contribution in [1.82, 2.24) is 14.9 Å². The molecule has 5 rings (SSSR count). The third-order valence-electron chi connectivity index (χ3n) is 6.31. The van der Waals surface area contributed by atoms with Crippen LogP contribution in [0.4, 0.5) is 5.69 Å². The molecule has 2 N–H and O–H groups in total. The molecule has 1 aliphatic rings. The Morgan fingerprint density at radius 2 is 1.66 bits per heavy atom. The molecular weight excluding hydrogens is 440 g/mol. The van der Waals surface area contributed by atoms with E-state index in [2.05, 4.69) is 15.6 Å². The molecule has 1 unspecified atom stereocenters. The van der Waals surface area contributed by atoms with Gasteiger partial charge in [-0.15, -0.1) is 0 Å². The molecule has 1 fully saturated rings. The maximum atomic E-state index is 13.0. The smallest absolute Gasteiger partial charge is 0.265 e. The number of rotatable bonds is 6. The van der Waals surface area contributed by atoms with Gasteiger partial charge < -0.3 is 10.6 Å². The van der Waals surface area contributed by atoms with Crippen molar-refractivity contribution in [3.05, 3.63) is 100 Å². The Labute approximate surface area is 202 Å². The summed E-state index contributed by atoms with van der Waals surface area (Å²) in [7, 11) is 0. The predicted molar refractivity (Wildman–Crippen MR) is 136 cm³/mol. The van der Waals surface area contributed by atoms with E-state index in [9.17, 15) is 14.4 Å². The third-order valence-corrected chi connectivity index (χ3v) is 6.31. The van der Waals surface area contributed by atoms with Gasteiger partial charge in [0.05, 0.1) is 22.6 Å². The van der Waals surface area contributed by atoms with Crippen LogP contribution in [0.15, 0.2) is 77.6 Å². The normalized spacial score (nSPS) is 13.9. The molecule has 0 aliphatic heterocycles. The van der Waals surface area contributed by atoms with Crippen molar-refractivity contribution in [2.45, 2.75) is 32.7 Å². The summed E-state index contributed by atoms with van der Waals surface area (Å²) < 4.78 is 1.55. The average Bonchev–Trinajstić information content (AvgIpc) is 3.71. The van der Waals surface area contributed by atoms with Crippen LogP contribution in [0.25, 0.3) is 16.6 Å². The fraction of sp³-hybridized carbons (Fsp3) is 0.214. The molecule has 3 aromatic carbocycles. The Kier molecular flexibility index (Phi) is 5.91. The Bertz CT molecular complexity index is 1470. The van der Waals surface area contributed by atoms with Crippen molar-refractivity contribution in [1.29, 1.82) is 0 Å². The molecular formula is C28H26N4O3. The van der Waals surface area contributed by atoms with E-state index >= 15 is 0 Å². The molecule has 176 valence electrons. The third kappa shape index (κ3) is 4.71. The lowest BCUT2D eigenvalue weighted by Crippen LogP contribution is -2.27. The topological polar surface area (TPSA) is 93.1 Å². The van der Waals surface area contributed by atoms with Gasteiger partial charge in [0, 0.05) is 17.2 Å². The van der Waals surface area contributed by atoms with Crippen LogP contribution in [-0.4, -0.2) is 21.4 Å². The zero-order valence-corrected chi connectivity index (χ0v) is 19.6. The van der Waals surface area contributed by atoms with E-state index in [1.165, 1.54) is 0 Å². The average molecular weight is 467 g/mol. The summed E-state index contributed by atoms with van der Waals surface area (Å²) in [5.74, 6) is 0.589. The second-order valence-corrected chi connectivity index (χ2v) is 8.94. The van der Waals surface area contributed by atoms with Crippen molar-refractivity contribution in [3.63, 3.8) is 0 Å². The number of nitrogens with zero attached hydrogens (tertiary/aromatic N) is 2. The van der Waals surface area contributed by atoms with Crippen LogP contribution in [0.1, 0.15) is 47.6 Å². The highest BCUT2D eigenvalue weighted by molar-refractivity contribution is 5.95. The summed E-state index contributed by atoms with van der Waals surface area (Å²) >= 11 is 0. The molecule has 4 aromatic rings. The van der Waals surface area contributed by atoms with Crippen molar-refractivity contribution >= 4 is 28.4 Å². The predicted octanol–water partition coefficient (Wildman–Crippen LogP) is 4.53. The minimum Gasteiger partial charge on any atom is -0.346 e. The number of anilines is 1. The van der Waals surface area contributed by atoms with Crippen molar-refractivity contribution in [3.8, 4) is 5.69 Å². The zero-order valence-electron chi connectivity index (χ0n) is 19.6. The van der Waals surface area contributed by atoms with Gasteiger partial charge in [0.2, 0.25) is 5.91 Å². The molecule has 1 aliphatic carbocycles. The summed E-state index contributed by atoms with van der Waals surface area (Å²) in [6.45, 7) is 3.70. The SMILES string of the molecule is Cc1nc2ccccc2c(=O)n1-c1ccc(C(=O)NC(C)c2ccc(NC(=O)C3CC3)cc2)cc1. The number of hydrogen-bond donors (Lipinski definition) is 2. The largest absolute Gasteiger partial charge is 0.346 e. The molecule has 7 nitrogen and oxygen atoms in total. The van der Waals surface area contributed by atoms with E-state index in [4.69, 9.17) is 0 Å². The molecule has 1 saturated carbocycles. The van der Waals surface area contributed by atoms with Crippen molar-refractivity contribution in [2.75, 3.05) is 5.32 Å². The summed E-state index contributed by atoms with van der Waals surface area (Å²) in [6.07, 6.45) is 1.92. The summed E-state index contributed by atoms with van der Waals surface area (Å²) in [5, 5.41) is 6.47. The van der Waals surface area contributed by atoms with E-state index in [0.29, 0.717) is 28.0 Å². The van der Waals surface area contributed by atoms with Gasteiger partial charge in [-0.25, -0.2) is 4.98 Å². The molecule has 1 heterocycles. The molecule has 0 saturated heterocycles. The highest BCUT2D eigenvalue weighted by atomic mass is 16.2. The Hall–Kier alpha value is -4.26. The Morgan fingerprint density at radius 1 is 0.971 bits per heavy atom. The van der Waals surface area contributed by atoms with Crippen LogP contribution < -0.4 is 16.2 Å². The van der Waals surface area contributed by atoms with Crippen LogP contribution in [0.5, 0.6) is 0 Å². The number of carbonyl (C=O) groups excluding carboxylic acids is 2. The molecule has 35 heavy (non-hydrogen) atoms. The Morgan fingerprint density at radius 3 is 2.34 bits per heavy atom. The van der Waals surface area contributed by atoms with Crippen molar-refractivity contribution in [2.24, 2.45) is 5.92 Å². The van der Waals surface area contributed by atoms with Gasteiger partial charge in [-0.3, -0.25) is 19.0 Å². The molecule has 2 amide bonds. The Balaban J connectivity index is 1.28. The lowest BCUT2D eigenvalue weighted by atomic mass is 10.1. The highest BCUT2D eigenvalue weighted by Crippen LogP contribution is 2.30. The monoisotopic (exact) mass is 466 g/mol. The molecule has 0 bridgehead atoms. The van der Waals surface area contributed by atoms with Crippen LogP contribution in [0, 0.1) is 12.8 Å².